The van der Waals surface area contributed by atoms with Gasteiger partial charge >= 0.3 is 5.97 Å². The average molecular weight is 387 g/mol. The van der Waals surface area contributed by atoms with E-state index in [4.69, 9.17) is 4.74 Å². The number of Topliss-reactive ketones (excluding diaryl/α,β-unsaturated/α-hetero) is 1. The van der Waals surface area contributed by atoms with E-state index in [0.29, 0.717) is 16.9 Å². The van der Waals surface area contributed by atoms with Crippen LogP contribution in [-0.2, 0) is 14.3 Å². The zero-order chi connectivity index (χ0) is 20.0. The predicted octanol–water partition coefficient (Wildman–Crippen LogP) is 2.79. The summed E-state index contributed by atoms with van der Waals surface area (Å²) >= 11 is 0. The number of carboxylic acid groups (broad SMARTS) is 1. The summed E-state index contributed by atoms with van der Waals surface area (Å²) in [6, 6.07) is 8.91. The van der Waals surface area contributed by atoms with Gasteiger partial charge in [0.2, 0.25) is 11.7 Å². The number of fused-ring (bicyclic) bond motifs is 2. The number of aromatic nitrogens is 4. The molecule has 4 heterocycles. The molecule has 0 aliphatic carbocycles. The fourth-order valence-corrected chi connectivity index (χ4v) is 3.20. The third-order valence-electron chi connectivity index (χ3n) is 4.57. The lowest BCUT2D eigenvalue weighted by atomic mass is 10.1. The highest BCUT2D eigenvalue weighted by atomic mass is 16.5. The van der Waals surface area contributed by atoms with Crippen molar-refractivity contribution in [3.05, 3.63) is 71.7 Å². The van der Waals surface area contributed by atoms with E-state index in [1.54, 1.807) is 42.9 Å². The maximum absolute atomic E-state index is 12.7. The van der Waals surface area contributed by atoms with Crippen LogP contribution >= 0.6 is 0 Å². The Hall–Kier alpha value is -4.40. The number of carbonyl (C=O) groups excluding carboxylic acids is 1. The van der Waals surface area contributed by atoms with Crippen molar-refractivity contribution in [3.63, 3.8) is 0 Å². The summed E-state index contributed by atoms with van der Waals surface area (Å²) in [6.45, 7) is 0. The standard InChI is InChI=1S/C20H13N5O4/c26-17-15(7-10-8-22-18-13(10)2-1-5-21-18)29-19(16(17)20(27)28)24-12-3-4-14-11(6-12)9-23-25-14/h1-9,24H,(H,21,22)(H,23,25)(H,27,28). The molecular formula is C20H13N5O4. The van der Waals surface area contributed by atoms with E-state index in [-0.39, 0.29) is 11.6 Å². The minimum atomic E-state index is -1.37. The second-order valence-electron chi connectivity index (χ2n) is 6.39. The molecule has 0 fully saturated rings. The van der Waals surface area contributed by atoms with Crippen LogP contribution in [0.2, 0.25) is 0 Å². The summed E-state index contributed by atoms with van der Waals surface area (Å²) in [6.07, 6.45) is 6.47. The highest BCUT2D eigenvalue weighted by Crippen LogP contribution is 2.30. The van der Waals surface area contributed by atoms with Gasteiger partial charge in [-0.3, -0.25) is 9.89 Å². The lowest BCUT2D eigenvalue weighted by Crippen LogP contribution is -2.12. The van der Waals surface area contributed by atoms with Gasteiger partial charge in [-0.25, -0.2) is 9.78 Å². The monoisotopic (exact) mass is 387 g/mol. The molecule has 4 aromatic rings. The van der Waals surface area contributed by atoms with Gasteiger partial charge in [0.1, 0.15) is 5.65 Å². The van der Waals surface area contributed by atoms with Gasteiger partial charge in [0.15, 0.2) is 11.3 Å². The summed E-state index contributed by atoms with van der Waals surface area (Å²) < 4.78 is 5.61. The molecule has 9 nitrogen and oxygen atoms in total. The van der Waals surface area contributed by atoms with Crippen molar-refractivity contribution in [2.24, 2.45) is 0 Å². The number of hydrogen-bond acceptors (Lipinski definition) is 6. The number of hydrogen-bond donors (Lipinski definition) is 4. The maximum Gasteiger partial charge on any atom is 0.345 e. The fraction of sp³-hybridized carbons (Fsp3) is 0. The van der Waals surface area contributed by atoms with Gasteiger partial charge in [-0.05, 0) is 36.4 Å². The molecule has 0 saturated heterocycles. The summed E-state index contributed by atoms with van der Waals surface area (Å²) in [4.78, 5) is 31.5. The second-order valence-corrected chi connectivity index (χ2v) is 6.39. The molecule has 0 radical (unpaired) electrons. The van der Waals surface area contributed by atoms with Gasteiger partial charge in [0.05, 0.1) is 11.7 Å². The van der Waals surface area contributed by atoms with Crippen LogP contribution in [0.4, 0.5) is 5.69 Å². The first-order valence-corrected chi connectivity index (χ1v) is 8.64. The first-order valence-electron chi connectivity index (χ1n) is 8.64. The van der Waals surface area contributed by atoms with Gasteiger partial charge in [0.25, 0.3) is 0 Å². The number of pyridine rings is 1. The molecule has 0 bridgehead atoms. The van der Waals surface area contributed by atoms with E-state index >= 15 is 0 Å². The van der Waals surface area contributed by atoms with Crippen molar-refractivity contribution >= 4 is 45.5 Å². The van der Waals surface area contributed by atoms with Crippen LogP contribution in [-0.4, -0.2) is 37.0 Å². The third-order valence-corrected chi connectivity index (χ3v) is 4.57. The Bertz CT molecular complexity index is 1360. The number of ketones is 1. The Morgan fingerprint density at radius 2 is 2.17 bits per heavy atom. The van der Waals surface area contributed by atoms with Crippen molar-refractivity contribution < 1.29 is 19.4 Å². The number of rotatable bonds is 4. The number of ether oxygens (including phenoxy) is 1. The number of benzene rings is 1. The van der Waals surface area contributed by atoms with Crippen LogP contribution in [0.25, 0.3) is 28.0 Å². The molecule has 142 valence electrons. The zero-order valence-corrected chi connectivity index (χ0v) is 14.8. The van der Waals surface area contributed by atoms with Gasteiger partial charge in [-0.15, -0.1) is 0 Å². The molecule has 1 aliphatic rings. The normalized spacial score (nSPS) is 15.4. The molecule has 29 heavy (non-hydrogen) atoms. The van der Waals surface area contributed by atoms with Crippen LogP contribution in [0.3, 0.4) is 0 Å². The van der Waals surface area contributed by atoms with Crippen LogP contribution in [0.15, 0.2) is 66.1 Å². The third kappa shape index (κ3) is 2.81. The first kappa shape index (κ1) is 16.8. The molecule has 1 aromatic carbocycles. The van der Waals surface area contributed by atoms with Crippen molar-refractivity contribution in [2.45, 2.75) is 0 Å². The molecule has 3 aromatic heterocycles. The number of nitrogens with zero attached hydrogens (tertiary/aromatic N) is 2. The molecule has 1 aliphatic heterocycles. The number of nitrogens with one attached hydrogen (secondary N) is 3. The van der Waals surface area contributed by atoms with Crippen LogP contribution < -0.4 is 5.32 Å². The maximum atomic E-state index is 12.7. The van der Waals surface area contributed by atoms with Crippen LogP contribution in [0, 0.1) is 0 Å². The molecule has 9 heteroatoms. The van der Waals surface area contributed by atoms with E-state index in [1.165, 1.54) is 6.08 Å². The molecule has 5 rings (SSSR count). The molecule has 0 atom stereocenters. The van der Waals surface area contributed by atoms with E-state index < -0.39 is 17.3 Å². The Morgan fingerprint density at radius 3 is 3.03 bits per heavy atom. The molecule has 0 spiro atoms. The first-order chi connectivity index (χ1) is 14.1. The minimum Gasteiger partial charge on any atom is -0.477 e. The summed E-state index contributed by atoms with van der Waals surface area (Å²) in [5, 5.41) is 20.8. The quantitative estimate of drug-likeness (QED) is 0.312. The molecule has 0 amide bonds. The average Bonchev–Trinajstić information content (AvgIpc) is 3.40. The molecule has 0 saturated carbocycles. The van der Waals surface area contributed by atoms with Crippen molar-refractivity contribution in [1.82, 2.24) is 20.2 Å². The number of allylic oxidation sites excluding steroid dienone is 1. The zero-order valence-electron chi connectivity index (χ0n) is 14.8. The lowest BCUT2D eigenvalue weighted by molar-refractivity contribution is -0.134. The predicted molar refractivity (Wildman–Crippen MR) is 105 cm³/mol. The second kappa shape index (κ2) is 6.34. The minimum absolute atomic E-state index is 0.0842. The van der Waals surface area contributed by atoms with Gasteiger partial charge < -0.3 is 20.1 Å². The van der Waals surface area contributed by atoms with E-state index in [2.05, 4.69) is 25.5 Å². The fourth-order valence-electron chi connectivity index (χ4n) is 3.20. The summed E-state index contributed by atoms with van der Waals surface area (Å²) in [7, 11) is 0. The van der Waals surface area contributed by atoms with E-state index in [9.17, 15) is 14.7 Å². The van der Waals surface area contributed by atoms with E-state index in [0.717, 1.165) is 16.3 Å². The summed E-state index contributed by atoms with van der Waals surface area (Å²) in [5.74, 6) is -2.29. The largest absolute Gasteiger partial charge is 0.477 e. The van der Waals surface area contributed by atoms with Gasteiger partial charge in [-0.2, -0.15) is 5.10 Å². The number of carboxylic acids is 1. The van der Waals surface area contributed by atoms with Crippen molar-refractivity contribution in [3.8, 4) is 0 Å². The molecular weight excluding hydrogens is 374 g/mol. The molecule has 0 unspecified atom stereocenters. The van der Waals surface area contributed by atoms with Crippen molar-refractivity contribution in [2.75, 3.05) is 5.32 Å². The number of aliphatic carboxylic acids is 1. The van der Waals surface area contributed by atoms with Crippen LogP contribution in [0.5, 0.6) is 0 Å². The van der Waals surface area contributed by atoms with Gasteiger partial charge in [0, 0.05) is 34.4 Å². The molecule has 4 N–H and O–H groups in total. The number of carbonyl (C=O) groups is 2. The van der Waals surface area contributed by atoms with Crippen LogP contribution in [0.1, 0.15) is 5.56 Å². The topological polar surface area (TPSA) is 133 Å². The summed E-state index contributed by atoms with van der Waals surface area (Å²) in [5.41, 5.74) is 2.27. The number of aromatic amines is 2. The number of anilines is 1. The Kier molecular flexibility index (Phi) is 3.66. The Balaban J connectivity index is 1.50. The smallest absolute Gasteiger partial charge is 0.345 e. The Morgan fingerprint density at radius 1 is 1.28 bits per heavy atom. The SMILES string of the molecule is O=C(O)C1=C(Nc2ccc3[nH]ncc3c2)OC(=Cc2c[nH]c3ncccc23)C1=O. The van der Waals surface area contributed by atoms with Gasteiger partial charge in [-0.1, -0.05) is 0 Å². The van der Waals surface area contributed by atoms with E-state index in [1.807, 2.05) is 6.07 Å². The highest BCUT2D eigenvalue weighted by molar-refractivity contribution is 6.26. The Labute approximate surface area is 162 Å². The lowest BCUT2D eigenvalue weighted by Gasteiger charge is -2.08. The van der Waals surface area contributed by atoms with Crippen molar-refractivity contribution in [1.29, 1.82) is 0 Å². The highest BCUT2D eigenvalue weighted by Gasteiger charge is 2.36. The number of H-pyrrole nitrogens is 2.